The van der Waals surface area contributed by atoms with E-state index >= 15 is 0 Å². The van der Waals surface area contributed by atoms with Crippen LogP contribution in [-0.4, -0.2) is 56.7 Å². The quantitative estimate of drug-likeness (QED) is 0.427. The highest BCUT2D eigenvalue weighted by molar-refractivity contribution is 5.73. The Labute approximate surface area is 204 Å². The Morgan fingerprint density at radius 2 is 1.91 bits per heavy atom. The molecule has 0 bridgehead atoms. The molecule has 4 rings (SSSR count). The second kappa shape index (κ2) is 11.9. The summed E-state index contributed by atoms with van der Waals surface area (Å²) in [7, 11) is 0. The van der Waals surface area contributed by atoms with Gasteiger partial charge < -0.3 is 15.7 Å². The van der Waals surface area contributed by atoms with Crippen molar-refractivity contribution in [1.82, 2.24) is 19.9 Å². The van der Waals surface area contributed by atoms with Crippen molar-refractivity contribution in [3.63, 3.8) is 0 Å². The Morgan fingerprint density at radius 3 is 2.59 bits per heavy atom. The summed E-state index contributed by atoms with van der Waals surface area (Å²) in [6.07, 6.45) is 10.8. The zero-order valence-electron chi connectivity index (χ0n) is 21.1. The summed E-state index contributed by atoms with van der Waals surface area (Å²) in [5.74, 6) is 3.04. The maximum Gasteiger partial charge on any atom is 0.224 e. The van der Waals surface area contributed by atoms with Gasteiger partial charge in [-0.25, -0.2) is 4.98 Å². The van der Waals surface area contributed by atoms with Crippen LogP contribution in [0.1, 0.15) is 71.3 Å². The molecule has 0 aromatic carbocycles. The van der Waals surface area contributed by atoms with Crippen molar-refractivity contribution in [2.45, 2.75) is 84.4 Å². The molecule has 3 N–H and O–H groups in total. The Bertz CT molecular complexity index is 894. The first-order valence-corrected chi connectivity index (χ1v) is 13.2. The van der Waals surface area contributed by atoms with E-state index < -0.39 is 0 Å². The van der Waals surface area contributed by atoms with Crippen LogP contribution in [-0.2, 0) is 6.54 Å². The number of likely N-dealkylation sites (tertiary alicyclic amines) is 1. The predicted octanol–water partition coefficient (Wildman–Crippen LogP) is 4.94. The van der Waals surface area contributed by atoms with Crippen LogP contribution >= 0.6 is 0 Å². The number of anilines is 2. The first-order valence-electron chi connectivity index (χ1n) is 13.2. The minimum absolute atomic E-state index is 0.171. The molecule has 1 aliphatic heterocycles. The molecule has 1 saturated heterocycles. The molecule has 1 aliphatic carbocycles. The molecule has 3 heterocycles. The van der Waals surface area contributed by atoms with Crippen LogP contribution in [0.5, 0.6) is 0 Å². The van der Waals surface area contributed by atoms with Gasteiger partial charge in [-0.3, -0.25) is 9.88 Å². The number of pyridine rings is 1. The van der Waals surface area contributed by atoms with Gasteiger partial charge in [0.2, 0.25) is 5.95 Å². The van der Waals surface area contributed by atoms with Crippen LogP contribution in [0.25, 0.3) is 11.3 Å². The molecule has 0 radical (unpaired) electrons. The number of aliphatic hydroxyl groups excluding tert-OH is 1. The minimum Gasteiger partial charge on any atom is -0.393 e. The normalized spacial score (nSPS) is 23.4. The summed E-state index contributed by atoms with van der Waals surface area (Å²) in [5.41, 5.74) is 3.08. The standard InChI is InChI=1S/C27H42N6O/c1-4-5-13-28-27-30-16-24(26(32-27)31-22-7-9-23(34)10-8-22)25-11-6-20(15-29-25)17-33-14-12-21(18-33)19(2)3/h6,11,15-16,19,21-23,34H,4-5,7-10,12-14,17-18H2,1-3H3,(H2,28,30,31,32)/t21-,22?,23?/m1/s1. The number of rotatable bonds is 10. The lowest BCUT2D eigenvalue weighted by Gasteiger charge is -2.27. The van der Waals surface area contributed by atoms with E-state index in [0.717, 1.165) is 80.5 Å². The summed E-state index contributed by atoms with van der Waals surface area (Å²) < 4.78 is 0. The van der Waals surface area contributed by atoms with Gasteiger partial charge in [0, 0.05) is 38.1 Å². The fourth-order valence-electron chi connectivity index (χ4n) is 5.04. The fraction of sp³-hybridized carbons (Fsp3) is 0.667. The molecular formula is C27H42N6O. The van der Waals surface area contributed by atoms with Crippen molar-refractivity contribution < 1.29 is 5.11 Å². The summed E-state index contributed by atoms with van der Waals surface area (Å²) in [6.45, 7) is 11.0. The molecule has 0 unspecified atom stereocenters. The molecule has 0 amide bonds. The molecular weight excluding hydrogens is 424 g/mol. The fourth-order valence-corrected chi connectivity index (χ4v) is 5.04. The van der Waals surface area contributed by atoms with Crippen LogP contribution in [0, 0.1) is 11.8 Å². The van der Waals surface area contributed by atoms with E-state index in [1.54, 1.807) is 0 Å². The Hall–Kier alpha value is -2.25. The average Bonchev–Trinajstić information content (AvgIpc) is 3.31. The molecule has 1 saturated carbocycles. The van der Waals surface area contributed by atoms with Crippen LogP contribution < -0.4 is 10.6 Å². The van der Waals surface area contributed by atoms with Gasteiger partial charge in [0.15, 0.2) is 0 Å². The maximum absolute atomic E-state index is 9.88. The van der Waals surface area contributed by atoms with Crippen molar-refractivity contribution in [1.29, 1.82) is 0 Å². The molecule has 2 aliphatic rings. The third-order valence-electron chi connectivity index (χ3n) is 7.40. The van der Waals surface area contributed by atoms with Gasteiger partial charge in [0.1, 0.15) is 5.82 Å². The van der Waals surface area contributed by atoms with Gasteiger partial charge >= 0.3 is 0 Å². The van der Waals surface area contributed by atoms with E-state index in [9.17, 15) is 5.11 Å². The largest absolute Gasteiger partial charge is 0.393 e. The van der Waals surface area contributed by atoms with Crippen molar-refractivity contribution in [3.05, 3.63) is 30.1 Å². The zero-order valence-corrected chi connectivity index (χ0v) is 21.1. The SMILES string of the molecule is CCCCNc1ncc(-c2ccc(CN3CC[C@@H](C(C)C)C3)cn2)c(NC2CCC(O)CC2)n1. The van der Waals surface area contributed by atoms with Crippen LogP contribution in [0.15, 0.2) is 24.5 Å². The van der Waals surface area contributed by atoms with Crippen molar-refractivity contribution in [2.75, 3.05) is 30.3 Å². The average molecular weight is 467 g/mol. The minimum atomic E-state index is -0.171. The second-order valence-electron chi connectivity index (χ2n) is 10.5. The summed E-state index contributed by atoms with van der Waals surface area (Å²) >= 11 is 0. The molecule has 2 aromatic heterocycles. The number of hydrogen-bond acceptors (Lipinski definition) is 7. The molecule has 2 aromatic rings. The molecule has 1 atom stereocenters. The summed E-state index contributed by atoms with van der Waals surface area (Å²) in [4.78, 5) is 16.7. The molecule has 7 nitrogen and oxygen atoms in total. The topological polar surface area (TPSA) is 86.2 Å². The molecule has 186 valence electrons. The second-order valence-corrected chi connectivity index (χ2v) is 10.5. The summed E-state index contributed by atoms with van der Waals surface area (Å²) in [6, 6.07) is 4.60. The zero-order chi connectivity index (χ0) is 23.9. The van der Waals surface area contributed by atoms with E-state index in [-0.39, 0.29) is 6.10 Å². The lowest BCUT2D eigenvalue weighted by Crippen LogP contribution is -2.29. The van der Waals surface area contributed by atoms with Gasteiger partial charge in [-0.15, -0.1) is 0 Å². The number of unbranched alkanes of at least 4 members (excludes halogenated alkanes) is 1. The van der Waals surface area contributed by atoms with E-state index in [2.05, 4.69) is 53.4 Å². The lowest BCUT2D eigenvalue weighted by atomic mass is 9.93. The number of hydrogen-bond donors (Lipinski definition) is 3. The van der Waals surface area contributed by atoms with Crippen LogP contribution in [0.2, 0.25) is 0 Å². The number of nitrogens with zero attached hydrogens (tertiary/aromatic N) is 4. The van der Waals surface area contributed by atoms with Crippen molar-refractivity contribution in [2.24, 2.45) is 11.8 Å². The lowest BCUT2D eigenvalue weighted by molar-refractivity contribution is 0.126. The summed E-state index contributed by atoms with van der Waals surface area (Å²) in [5, 5.41) is 16.9. The molecule has 7 heteroatoms. The first kappa shape index (κ1) is 24.9. The predicted molar refractivity (Wildman–Crippen MR) is 139 cm³/mol. The van der Waals surface area contributed by atoms with Crippen molar-refractivity contribution in [3.8, 4) is 11.3 Å². The number of aromatic nitrogens is 3. The smallest absolute Gasteiger partial charge is 0.224 e. The van der Waals surface area contributed by atoms with Gasteiger partial charge in [0.05, 0.1) is 17.4 Å². The maximum atomic E-state index is 9.88. The number of aliphatic hydroxyl groups is 1. The third kappa shape index (κ3) is 6.66. The highest BCUT2D eigenvalue weighted by Crippen LogP contribution is 2.30. The van der Waals surface area contributed by atoms with E-state index in [1.165, 1.54) is 25.1 Å². The van der Waals surface area contributed by atoms with E-state index in [0.29, 0.717) is 12.0 Å². The van der Waals surface area contributed by atoms with Crippen molar-refractivity contribution >= 4 is 11.8 Å². The molecule has 2 fully saturated rings. The third-order valence-corrected chi connectivity index (χ3v) is 7.40. The van der Waals surface area contributed by atoms with Gasteiger partial charge in [-0.2, -0.15) is 4.98 Å². The van der Waals surface area contributed by atoms with E-state index in [4.69, 9.17) is 9.97 Å². The van der Waals surface area contributed by atoms with Gasteiger partial charge in [0.25, 0.3) is 0 Å². The van der Waals surface area contributed by atoms with Crippen LogP contribution in [0.3, 0.4) is 0 Å². The highest BCUT2D eigenvalue weighted by Gasteiger charge is 2.25. The van der Waals surface area contributed by atoms with Crippen LogP contribution in [0.4, 0.5) is 11.8 Å². The Kier molecular flexibility index (Phi) is 8.73. The number of nitrogens with one attached hydrogen (secondary N) is 2. The monoisotopic (exact) mass is 466 g/mol. The van der Waals surface area contributed by atoms with E-state index in [1.807, 2.05) is 12.4 Å². The first-order chi connectivity index (χ1) is 16.5. The molecule has 0 spiro atoms. The van der Waals surface area contributed by atoms with Gasteiger partial charge in [-0.05, 0) is 68.5 Å². The van der Waals surface area contributed by atoms with Gasteiger partial charge in [-0.1, -0.05) is 33.3 Å². The Balaban J connectivity index is 1.47. The Morgan fingerprint density at radius 1 is 1.09 bits per heavy atom. The molecule has 34 heavy (non-hydrogen) atoms. The highest BCUT2D eigenvalue weighted by atomic mass is 16.3.